The maximum Gasteiger partial charge on any atom is 0.286 e. The fraction of sp³-hybridized carbons (Fsp3) is 0.304. The van der Waals surface area contributed by atoms with Crippen LogP contribution in [-0.2, 0) is 22.7 Å². The standard InChI is InChI=1S/C46H52N6O6S4/c53-27-23-49(24-28-54)37-15-9-35(10-16-37)13-19-45-51(39-5-1-3-7-41(39)61-45)33-43(57)47-21-31-59-60-32-22-48-44(58)34-52-40-6-2-4-8-42(40)62-46(52)20-14-36-11-17-38(18-12-36)50(25-29-55)26-30-56/h1-20,53-56H,21-34H2/p+2. The van der Waals surface area contributed by atoms with E-state index in [0.717, 1.165) is 64.5 Å². The Bertz CT molecular complexity index is 2220. The number of benzene rings is 4. The van der Waals surface area contributed by atoms with Gasteiger partial charge < -0.3 is 40.9 Å². The Morgan fingerprint density at radius 3 is 1.27 bits per heavy atom. The lowest BCUT2D eigenvalue weighted by Gasteiger charge is -2.22. The minimum atomic E-state index is -0.0614. The summed E-state index contributed by atoms with van der Waals surface area (Å²) in [7, 11) is 3.33. The number of carbonyl (C=O) groups excluding carboxylic acids is 2. The van der Waals surface area contributed by atoms with Gasteiger partial charge >= 0.3 is 0 Å². The highest BCUT2D eigenvalue weighted by atomic mass is 33.1. The van der Waals surface area contributed by atoms with Gasteiger partial charge in [-0.05, 0) is 59.7 Å². The van der Waals surface area contributed by atoms with Crippen LogP contribution in [0.5, 0.6) is 0 Å². The van der Waals surface area contributed by atoms with Crippen LogP contribution in [0.25, 0.3) is 44.7 Å². The van der Waals surface area contributed by atoms with Crippen LogP contribution >= 0.6 is 44.3 Å². The molecule has 0 bridgehead atoms. The monoisotopic (exact) mass is 914 g/mol. The van der Waals surface area contributed by atoms with Crippen LogP contribution in [0.2, 0.25) is 0 Å². The largest absolute Gasteiger partial charge is 0.395 e. The first-order valence-corrected chi connectivity index (χ1v) is 24.6. The summed E-state index contributed by atoms with van der Waals surface area (Å²) in [5.41, 5.74) is 5.87. The maximum absolute atomic E-state index is 13.1. The highest BCUT2D eigenvalue weighted by Crippen LogP contribution is 2.25. The van der Waals surface area contributed by atoms with Gasteiger partial charge in [-0.15, -0.1) is 0 Å². The van der Waals surface area contributed by atoms with Gasteiger partial charge in [0.15, 0.2) is 0 Å². The van der Waals surface area contributed by atoms with Crippen LogP contribution in [0.15, 0.2) is 97.1 Å². The van der Waals surface area contributed by atoms with Gasteiger partial charge in [0.2, 0.25) is 24.1 Å². The van der Waals surface area contributed by atoms with Gasteiger partial charge in [0.25, 0.3) is 21.8 Å². The number of amides is 2. The molecule has 0 saturated heterocycles. The quantitative estimate of drug-likeness (QED) is 0.0265. The first-order chi connectivity index (χ1) is 30.4. The molecule has 6 N–H and O–H groups in total. The van der Waals surface area contributed by atoms with E-state index in [1.165, 1.54) is 0 Å². The summed E-state index contributed by atoms with van der Waals surface area (Å²) in [5, 5.41) is 45.6. The fourth-order valence-corrected chi connectivity index (χ4v) is 10.8. The number of nitrogens with zero attached hydrogens (tertiary/aromatic N) is 4. The number of thiazole rings is 2. The van der Waals surface area contributed by atoms with Gasteiger partial charge in [0, 0.05) is 86.4 Å². The summed E-state index contributed by atoms with van der Waals surface area (Å²) in [6.07, 6.45) is 8.12. The van der Waals surface area contributed by atoms with Crippen molar-refractivity contribution in [3.05, 3.63) is 118 Å². The molecule has 0 atom stereocenters. The van der Waals surface area contributed by atoms with Crippen molar-refractivity contribution in [1.29, 1.82) is 0 Å². The molecule has 12 nitrogen and oxygen atoms in total. The number of hydrogen-bond acceptors (Lipinski definition) is 12. The Balaban J connectivity index is 0.939. The van der Waals surface area contributed by atoms with E-state index in [2.05, 4.69) is 22.8 Å². The van der Waals surface area contributed by atoms with E-state index in [-0.39, 0.29) is 51.3 Å². The van der Waals surface area contributed by atoms with Gasteiger partial charge in [0.05, 0.1) is 26.4 Å². The van der Waals surface area contributed by atoms with Crippen LogP contribution in [0.1, 0.15) is 21.1 Å². The molecule has 0 unspecified atom stereocenters. The van der Waals surface area contributed by atoms with E-state index < -0.39 is 0 Å². The van der Waals surface area contributed by atoms with Crippen molar-refractivity contribution in [2.45, 2.75) is 13.1 Å². The van der Waals surface area contributed by atoms with Crippen molar-refractivity contribution < 1.29 is 39.1 Å². The lowest BCUT2D eigenvalue weighted by Crippen LogP contribution is -2.44. The minimum Gasteiger partial charge on any atom is -0.395 e. The van der Waals surface area contributed by atoms with E-state index in [1.807, 2.05) is 128 Å². The molecule has 0 saturated carbocycles. The van der Waals surface area contributed by atoms with Gasteiger partial charge in [-0.25, -0.2) is 0 Å². The predicted molar refractivity (Wildman–Crippen MR) is 258 cm³/mol. The second-order valence-electron chi connectivity index (χ2n) is 14.1. The first kappa shape index (κ1) is 46.7. The molecule has 2 heterocycles. The Labute approximate surface area is 378 Å². The molecule has 2 aromatic heterocycles. The van der Waals surface area contributed by atoms with Crippen molar-refractivity contribution in [1.82, 2.24) is 10.6 Å². The molecule has 62 heavy (non-hydrogen) atoms. The molecule has 0 radical (unpaired) electrons. The minimum absolute atomic E-state index is 0.0108. The van der Waals surface area contributed by atoms with Crippen LogP contribution in [0.3, 0.4) is 0 Å². The summed E-state index contributed by atoms with van der Waals surface area (Å²) in [6.45, 7) is 3.30. The maximum atomic E-state index is 13.1. The predicted octanol–water partition coefficient (Wildman–Crippen LogP) is 4.93. The molecule has 4 aromatic carbocycles. The molecule has 2 amide bonds. The average molecular weight is 915 g/mol. The third kappa shape index (κ3) is 13.4. The number of fused-ring (bicyclic) bond motifs is 2. The number of anilines is 2. The van der Waals surface area contributed by atoms with Gasteiger partial charge in [-0.1, -0.05) is 92.8 Å². The first-order valence-electron chi connectivity index (χ1n) is 20.5. The van der Waals surface area contributed by atoms with Crippen LogP contribution < -0.4 is 29.6 Å². The topological polar surface area (TPSA) is 153 Å². The number of rotatable bonds is 25. The number of carbonyl (C=O) groups is 2. The van der Waals surface area contributed by atoms with E-state index in [0.29, 0.717) is 39.3 Å². The smallest absolute Gasteiger partial charge is 0.286 e. The second kappa shape index (κ2) is 24.8. The summed E-state index contributed by atoms with van der Waals surface area (Å²) in [4.78, 5) is 30.2. The van der Waals surface area contributed by atoms with Gasteiger partial charge in [-0.2, -0.15) is 9.13 Å². The zero-order valence-electron chi connectivity index (χ0n) is 34.5. The molecule has 0 aliphatic carbocycles. The highest BCUT2D eigenvalue weighted by Gasteiger charge is 2.23. The van der Waals surface area contributed by atoms with E-state index >= 15 is 0 Å². The molecule has 0 spiro atoms. The molecule has 326 valence electrons. The van der Waals surface area contributed by atoms with Crippen LogP contribution in [-0.4, -0.2) is 109 Å². The molecule has 0 aliphatic rings. The Kier molecular flexibility index (Phi) is 18.7. The summed E-state index contributed by atoms with van der Waals surface area (Å²) in [5.74, 6) is 1.34. The van der Waals surface area contributed by atoms with Crippen LogP contribution in [0, 0.1) is 0 Å². The van der Waals surface area contributed by atoms with Crippen molar-refractivity contribution in [2.24, 2.45) is 0 Å². The van der Waals surface area contributed by atoms with E-state index in [1.54, 1.807) is 44.3 Å². The lowest BCUT2D eigenvalue weighted by atomic mass is 10.2. The Morgan fingerprint density at radius 1 is 0.532 bits per heavy atom. The number of nitrogens with one attached hydrogen (secondary N) is 2. The normalized spacial score (nSPS) is 11.6. The van der Waals surface area contributed by atoms with Gasteiger partial charge in [0.1, 0.15) is 9.40 Å². The Hall–Kier alpha value is -4.78. The number of hydrogen-bond donors (Lipinski definition) is 6. The van der Waals surface area contributed by atoms with E-state index in [4.69, 9.17) is 0 Å². The zero-order chi connectivity index (χ0) is 43.5. The van der Waals surface area contributed by atoms with Crippen molar-refractivity contribution in [3.63, 3.8) is 0 Å². The highest BCUT2D eigenvalue weighted by molar-refractivity contribution is 8.76. The number of aromatic nitrogens is 2. The zero-order valence-corrected chi connectivity index (χ0v) is 37.7. The Morgan fingerprint density at radius 2 is 0.903 bits per heavy atom. The molecule has 6 aromatic rings. The molecule has 0 aliphatic heterocycles. The third-order valence-electron chi connectivity index (χ3n) is 9.81. The average Bonchev–Trinajstić information content (AvgIpc) is 3.82. The summed E-state index contributed by atoms with van der Waals surface area (Å²) < 4.78 is 6.28. The van der Waals surface area contributed by atoms with Crippen molar-refractivity contribution >= 4 is 112 Å². The summed E-state index contributed by atoms with van der Waals surface area (Å²) >= 11 is 3.27. The molecule has 6 rings (SSSR count). The molecule has 16 heteroatoms. The number of aliphatic hydroxyl groups is 4. The molecular formula is C46H54N6O6S4+2. The van der Waals surface area contributed by atoms with Crippen LogP contribution in [0.4, 0.5) is 11.4 Å². The SMILES string of the molecule is O=C(C[n+]1c(/C=C/c2ccc(N(CCO)CCO)cc2)sc2ccccc21)NCCSSCCNC(=O)C[n+]1c(/C=C/c2ccc(N(CCO)CCO)cc2)sc2ccccc21. The fourth-order valence-electron chi connectivity index (χ4n) is 6.81. The molecular weight excluding hydrogens is 861 g/mol. The number of aliphatic hydroxyl groups excluding tert-OH is 4. The molecule has 0 fully saturated rings. The van der Waals surface area contributed by atoms with E-state index in [9.17, 15) is 30.0 Å². The lowest BCUT2D eigenvalue weighted by molar-refractivity contribution is -0.656. The third-order valence-corrected chi connectivity index (χ3v) is 14.5. The number of para-hydroxylation sites is 2. The second-order valence-corrected chi connectivity index (χ2v) is 18.9. The summed E-state index contributed by atoms with van der Waals surface area (Å²) in [6, 6.07) is 32.1. The van der Waals surface area contributed by atoms with Crippen molar-refractivity contribution in [2.75, 3.05) is 87.0 Å². The van der Waals surface area contributed by atoms with Gasteiger partial charge in [-0.3, -0.25) is 9.59 Å². The van der Waals surface area contributed by atoms with Crippen molar-refractivity contribution in [3.8, 4) is 0 Å².